The summed E-state index contributed by atoms with van der Waals surface area (Å²) < 4.78 is 10.2. The van der Waals surface area contributed by atoms with Crippen LogP contribution in [0.1, 0.15) is 29.8 Å². The quantitative estimate of drug-likeness (QED) is 0.905. The predicted octanol–water partition coefficient (Wildman–Crippen LogP) is 2.14. The van der Waals surface area contributed by atoms with Crippen LogP contribution in [0.5, 0.6) is 11.8 Å². The maximum Gasteiger partial charge on any atom is 0.241 e. The molecule has 0 aliphatic rings. The topological polar surface area (TPSA) is 64.5 Å². The van der Waals surface area contributed by atoms with E-state index in [1.54, 1.807) is 0 Å². The van der Waals surface area contributed by atoms with Gasteiger partial charge in [0, 0.05) is 0 Å². The molecule has 0 saturated heterocycles. The third kappa shape index (κ3) is 2.88. The molecule has 106 valence electrons. The smallest absolute Gasteiger partial charge is 0.241 e. The number of hydrogen-bond acceptors (Lipinski definition) is 5. The van der Waals surface area contributed by atoms with Crippen molar-refractivity contribution in [2.45, 2.75) is 19.4 Å². The van der Waals surface area contributed by atoms with Gasteiger partial charge < -0.3 is 14.6 Å². The second kappa shape index (κ2) is 6.34. The molecule has 1 aromatic carbocycles. The van der Waals surface area contributed by atoms with Gasteiger partial charge in [0.15, 0.2) is 0 Å². The third-order valence-corrected chi connectivity index (χ3v) is 3.11. The highest BCUT2D eigenvalue weighted by molar-refractivity contribution is 5.34. The van der Waals surface area contributed by atoms with Crippen LogP contribution in [-0.2, 0) is 6.42 Å². The van der Waals surface area contributed by atoms with E-state index in [9.17, 15) is 5.11 Å². The molecule has 0 bridgehead atoms. The van der Waals surface area contributed by atoms with Gasteiger partial charge in [-0.25, -0.2) is 4.98 Å². The molecule has 1 N–H and O–H groups in total. The van der Waals surface area contributed by atoms with Gasteiger partial charge in [0.25, 0.3) is 0 Å². The van der Waals surface area contributed by atoms with Crippen LogP contribution >= 0.6 is 0 Å². The summed E-state index contributed by atoms with van der Waals surface area (Å²) in [5.41, 5.74) is 2.34. The van der Waals surface area contributed by atoms with Crippen molar-refractivity contribution in [3.05, 3.63) is 47.3 Å². The molecule has 1 heterocycles. The maximum absolute atomic E-state index is 10.4. The summed E-state index contributed by atoms with van der Waals surface area (Å²) in [6.45, 7) is 2.09. The van der Waals surface area contributed by atoms with Crippen molar-refractivity contribution >= 4 is 0 Å². The first-order valence-electron chi connectivity index (χ1n) is 6.41. The zero-order chi connectivity index (χ0) is 14.5. The molecule has 0 spiro atoms. The molecule has 2 rings (SSSR count). The van der Waals surface area contributed by atoms with E-state index in [1.807, 2.05) is 24.3 Å². The fraction of sp³-hybridized carbons (Fsp3) is 0.333. The third-order valence-electron chi connectivity index (χ3n) is 3.11. The minimum Gasteiger partial charge on any atom is -0.480 e. The van der Waals surface area contributed by atoms with E-state index in [4.69, 9.17) is 9.47 Å². The first kappa shape index (κ1) is 14.3. The molecule has 0 aliphatic carbocycles. The van der Waals surface area contributed by atoms with Gasteiger partial charge in [-0.15, -0.1) is 0 Å². The van der Waals surface area contributed by atoms with Crippen molar-refractivity contribution in [2.75, 3.05) is 14.2 Å². The Labute approximate surface area is 118 Å². The lowest BCUT2D eigenvalue weighted by atomic mass is 10.0. The Hall–Kier alpha value is -2.14. The number of aromatic nitrogens is 2. The summed E-state index contributed by atoms with van der Waals surface area (Å²) in [6.07, 6.45) is 1.54. The molecule has 5 heteroatoms. The summed E-state index contributed by atoms with van der Waals surface area (Å²) in [5.74, 6) is 0.607. The van der Waals surface area contributed by atoms with Crippen LogP contribution in [0.15, 0.2) is 30.5 Å². The number of rotatable bonds is 5. The monoisotopic (exact) mass is 274 g/mol. The normalized spacial score (nSPS) is 12.0. The molecule has 1 atom stereocenters. The van der Waals surface area contributed by atoms with Gasteiger partial charge in [-0.1, -0.05) is 31.2 Å². The molecule has 0 amide bonds. The number of benzene rings is 1. The van der Waals surface area contributed by atoms with Crippen molar-refractivity contribution in [1.29, 1.82) is 0 Å². The van der Waals surface area contributed by atoms with E-state index < -0.39 is 6.10 Å². The van der Waals surface area contributed by atoms with E-state index in [2.05, 4.69) is 16.9 Å². The van der Waals surface area contributed by atoms with Crippen molar-refractivity contribution in [2.24, 2.45) is 0 Å². The van der Waals surface area contributed by atoms with Gasteiger partial charge in [0.2, 0.25) is 11.8 Å². The van der Waals surface area contributed by atoms with Crippen LogP contribution in [0.2, 0.25) is 0 Å². The molecular formula is C15H18N2O3. The van der Waals surface area contributed by atoms with E-state index >= 15 is 0 Å². The second-order valence-corrected chi connectivity index (χ2v) is 4.30. The molecule has 1 unspecified atom stereocenters. The number of ether oxygens (including phenoxy) is 2. The SMILES string of the molecule is CCc1ccc(C(O)c2ncc(OC)nc2OC)cc1. The predicted molar refractivity (Wildman–Crippen MR) is 75.0 cm³/mol. The Morgan fingerprint density at radius 2 is 1.85 bits per heavy atom. The highest BCUT2D eigenvalue weighted by Crippen LogP contribution is 2.28. The summed E-state index contributed by atoms with van der Waals surface area (Å²) in [7, 11) is 2.99. The van der Waals surface area contributed by atoms with E-state index in [0.717, 1.165) is 12.0 Å². The van der Waals surface area contributed by atoms with Crippen molar-refractivity contribution in [1.82, 2.24) is 9.97 Å². The highest BCUT2D eigenvalue weighted by Gasteiger charge is 2.19. The van der Waals surface area contributed by atoms with Crippen LogP contribution in [0.3, 0.4) is 0 Å². The maximum atomic E-state index is 10.4. The minimum atomic E-state index is -0.880. The van der Waals surface area contributed by atoms with Crippen LogP contribution in [0.25, 0.3) is 0 Å². The summed E-state index contributed by atoms with van der Waals surface area (Å²) >= 11 is 0. The van der Waals surface area contributed by atoms with Crippen molar-refractivity contribution in [3.63, 3.8) is 0 Å². The molecule has 2 aromatic rings. The van der Waals surface area contributed by atoms with E-state index in [1.165, 1.54) is 26.0 Å². The van der Waals surface area contributed by atoms with Crippen molar-refractivity contribution in [3.8, 4) is 11.8 Å². The minimum absolute atomic E-state index is 0.261. The molecule has 0 fully saturated rings. The Morgan fingerprint density at radius 1 is 1.15 bits per heavy atom. The lowest BCUT2D eigenvalue weighted by molar-refractivity contribution is 0.206. The molecule has 0 aliphatic heterocycles. The van der Waals surface area contributed by atoms with Gasteiger partial charge in [-0.05, 0) is 17.5 Å². The molecule has 1 aromatic heterocycles. The number of nitrogens with zero attached hydrogens (tertiary/aromatic N) is 2. The highest BCUT2D eigenvalue weighted by atomic mass is 16.5. The molecular weight excluding hydrogens is 256 g/mol. The number of aliphatic hydroxyl groups excluding tert-OH is 1. The Kier molecular flexibility index (Phi) is 4.53. The van der Waals surface area contributed by atoms with Gasteiger partial charge in [0.05, 0.1) is 20.4 Å². The Morgan fingerprint density at radius 3 is 2.40 bits per heavy atom. The van der Waals surface area contributed by atoms with Gasteiger partial charge in [-0.3, -0.25) is 0 Å². The number of aryl methyl sites for hydroxylation is 1. The zero-order valence-electron chi connectivity index (χ0n) is 11.8. The first-order chi connectivity index (χ1) is 9.69. The first-order valence-corrected chi connectivity index (χ1v) is 6.41. The fourth-order valence-corrected chi connectivity index (χ4v) is 1.90. The second-order valence-electron chi connectivity index (χ2n) is 4.30. The Bertz CT molecular complexity index is 570. The standard InChI is InChI=1S/C15H18N2O3/c1-4-10-5-7-11(8-6-10)14(18)13-15(20-3)17-12(19-2)9-16-13/h5-9,14,18H,4H2,1-3H3. The molecule has 20 heavy (non-hydrogen) atoms. The zero-order valence-corrected chi connectivity index (χ0v) is 11.8. The van der Waals surface area contributed by atoms with E-state index in [-0.39, 0.29) is 5.88 Å². The average molecular weight is 274 g/mol. The lowest BCUT2D eigenvalue weighted by Gasteiger charge is -2.14. The molecule has 5 nitrogen and oxygen atoms in total. The number of hydrogen-bond donors (Lipinski definition) is 1. The van der Waals surface area contributed by atoms with Gasteiger partial charge in [0.1, 0.15) is 11.8 Å². The van der Waals surface area contributed by atoms with E-state index in [0.29, 0.717) is 11.6 Å². The summed E-state index contributed by atoms with van der Waals surface area (Å²) in [5, 5.41) is 10.4. The Balaban J connectivity index is 2.33. The van der Waals surface area contributed by atoms with Gasteiger partial charge >= 0.3 is 0 Å². The van der Waals surface area contributed by atoms with Crippen LogP contribution < -0.4 is 9.47 Å². The fourth-order valence-electron chi connectivity index (χ4n) is 1.90. The lowest BCUT2D eigenvalue weighted by Crippen LogP contribution is -2.07. The van der Waals surface area contributed by atoms with Crippen LogP contribution in [0.4, 0.5) is 0 Å². The van der Waals surface area contributed by atoms with Gasteiger partial charge in [-0.2, -0.15) is 4.98 Å². The summed E-state index contributed by atoms with van der Waals surface area (Å²) in [6, 6.07) is 7.74. The van der Waals surface area contributed by atoms with Crippen LogP contribution in [0, 0.1) is 0 Å². The number of aliphatic hydroxyl groups is 1. The number of methoxy groups -OCH3 is 2. The van der Waals surface area contributed by atoms with Crippen LogP contribution in [-0.4, -0.2) is 29.3 Å². The summed E-state index contributed by atoms with van der Waals surface area (Å²) in [4.78, 5) is 8.30. The largest absolute Gasteiger partial charge is 0.480 e. The molecule has 0 saturated carbocycles. The van der Waals surface area contributed by atoms with Crippen molar-refractivity contribution < 1.29 is 14.6 Å². The average Bonchev–Trinajstić information content (AvgIpc) is 2.53. The molecule has 0 radical (unpaired) electrons.